The van der Waals surface area contributed by atoms with Crippen LogP contribution in [0.25, 0.3) is 0 Å². The van der Waals surface area contributed by atoms with E-state index in [4.69, 9.17) is 11.6 Å². The second-order valence-electron chi connectivity index (χ2n) is 9.74. The molecule has 0 radical (unpaired) electrons. The topological polar surface area (TPSA) is 86.8 Å². The molecule has 0 saturated carbocycles. The van der Waals surface area contributed by atoms with E-state index in [9.17, 15) is 18.0 Å². The molecular formula is C30H38ClN3O4S. The molecule has 3 rings (SSSR count). The molecule has 7 nitrogen and oxygen atoms in total. The van der Waals surface area contributed by atoms with Crippen molar-refractivity contribution in [3.8, 4) is 0 Å². The smallest absolute Gasteiger partial charge is 0.244 e. The van der Waals surface area contributed by atoms with Crippen LogP contribution in [0.15, 0.2) is 77.8 Å². The van der Waals surface area contributed by atoms with Gasteiger partial charge in [-0.2, -0.15) is 4.31 Å². The van der Waals surface area contributed by atoms with Gasteiger partial charge in [-0.05, 0) is 62.5 Å². The number of hydrogen-bond donors (Lipinski definition) is 1. The maximum absolute atomic E-state index is 13.8. The fourth-order valence-electron chi connectivity index (χ4n) is 4.43. The number of aryl methyl sites for hydroxylation is 2. The highest BCUT2D eigenvalue weighted by Crippen LogP contribution is 2.23. The molecule has 1 aliphatic carbocycles. The number of hydrogen-bond acceptors (Lipinski definition) is 4. The first-order valence-corrected chi connectivity index (χ1v) is 15.2. The molecule has 2 amide bonds. The SMILES string of the molecule is CCC(C)N(CC1NC(=O)CCN1S(=O)(=O)C1=C/C=C/C=C\C/C=C\C=C\1)C(=O)CCc1ccc(Cl)c(C)c1. The number of nitrogens with one attached hydrogen (secondary N) is 1. The monoisotopic (exact) mass is 571 g/mol. The summed E-state index contributed by atoms with van der Waals surface area (Å²) < 4.78 is 29.0. The van der Waals surface area contributed by atoms with Crippen LogP contribution in [0, 0.1) is 6.92 Å². The number of halogens is 1. The molecule has 2 aliphatic rings. The Morgan fingerprint density at radius 1 is 1.18 bits per heavy atom. The summed E-state index contributed by atoms with van der Waals surface area (Å²) in [5, 5.41) is 3.51. The Labute approximate surface area is 237 Å². The molecule has 9 heteroatoms. The maximum Gasteiger partial charge on any atom is 0.244 e. The Morgan fingerprint density at radius 3 is 2.64 bits per heavy atom. The molecule has 1 fully saturated rings. The van der Waals surface area contributed by atoms with Crippen LogP contribution < -0.4 is 5.32 Å². The molecule has 0 aromatic heterocycles. The van der Waals surface area contributed by atoms with E-state index in [0.29, 0.717) is 17.9 Å². The van der Waals surface area contributed by atoms with Gasteiger partial charge in [0.05, 0.1) is 11.4 Å². The third-order valence-corrected chi connectivity index (χ3v) is 9.25. The standard InChI is InChI=1S/C30H38ClN3O4S/c1-4-24(3)33(30(36)18-16-25-15-17-27(31)23(2)21-25)22-28-32-29(35)19-20-34(28)39(37,38)26-13-11-9-7-5-6-8-10-12-14-26/h5,7-15,17,21,24,28H,4,6,16,18-20,22H2,1-3H3,(H,32,35)/b7-5-,10-8-,11-9+,14-12+,26-13+. The molecule has 1 aliphatic heterocycles. The number of carbonyl (C=O) groups excluding carboxylic acids is 2. The van der Waals surface area contributed by atoms with Gasteiger partial charge in [-0.3, -0.25) is 9.59 Å². The van der Waals surface area contributed by atoms with Crippen LogP contribution >= 0.6 is 11.6 Å². The van der Waals surface area contributed by atoms with Crippen LogP contribution in [0.3, 0.4) is 0 Å². The van der Waals surface area contributed by atoms with Gasteiger partial charge in [0.2, 0.25) is 21.8 Å². The Hall–Kier alpha value is -2.94. The summed E-state index contributed by atoms with van der Waals surface area (Å²) in [5.41, 5.74) is 1.96. The van der Waals surface area contributed by atoms with E-state index in [1.54, 1.807) is 41.4 Å². The predicted octanol–water partition coefficient (Wildman–Crippen LogP) is 5.20. The van der Waals surface area contributed by atoms with Gasteiger partial charge < -0.3 is 10.2 Å². The van der Waals surface area contributed by atoms with E-state index in [2.05, 4.69) is 5.32 Å². The second-order valence-corrected chi connectivity index (χ2v) is 12.0. The summed E-state index contributed by atoms with van der Waals surface area (Å²) in [7, 11) is -3.97. The average Bonchev–Trinajstić information content (AvgIpc) is 2.97. The van der Waals surface area contributed by atoms with Crippen molar-refractivity contribution in [2.24, 2.45) is 0 Å². The van der Waals surface area contributed by atoms with Crippen molar-refractivity contribution >= 4 is 33.4 Å². The lowest BCUT2D eigenvalue weighted by Crippen LogP contribution is -2.61. The number of amides is 2. The zero-order valence-corrected chi connectivity index (χ0v) is 24.4. The van der Waals surface area contributed by atoms with Gasteiger partial charge >= 0.3 is 0 Å². The third-order valence-electron chi connectivity index (χ3n) is 6.90. The van der Waals surface area contributed by atoms with Gasteiger partial charge in [-0.1, -0.05) is 73.2 Å². The Bertz CT molecular complexity index is 1300. The predicted molar refractivity (Wildman–Crippen MR) is 157 cm³/mol. The number of sulfonamides is 1. The minimum atomic E-state index is -3.97. The van der Waals surface area contributed by atoms with Gasteiger partial charge in [0.1, 0.15) is 6.17 Å². The third kappa shape index (κ3) is 8.52. The summed E-state index contributed by atoms with van der Waals surface area (Å²) in [4.78, 5) is 27.6. The zero-order valence-electron chi connectivity index (χ0n) is 22.8. The Balaban J connectivity index is 1.85. The molecular weight excluding hydrogens is 534 g/mol. The van der Waals surface area contributed by atoms with E-state index in [0.717, 1.165) is 17.5 Å². The van der Waals surface area contributed by atoms with Crippen LogP contribution in [-0.4, -0.2) is 54.7 Å². The number of allylic oxidation sites excluding steroid dienone is 9. The average molecular weight is 572 g/mol. The second kappa shape index (κ2) is 14.4. The normalized spacial score (nSPS) is 23.8. The lowest BCUT2D eigenvalue weighted by Gasteiger charge is -2.40. The summed E-state index contributed by atoms with van der Waals surface area (Å²) in [6.07, 6.45) is 17.3. The minimum absolute atomic E-state index is 0.0378. The minimum Gasteiger partial charge on any atom is -0.338 e. The summed E-state index contributed by atoms with van der Waals surface area (Å²) in [6.45, 7) is 5.94. The van der Waals surface area contributed by atoms with E-state index >= 15 is 0 Å². The first kappa shape index (κ1) is 30.6. The summed E-state index contributed by atoms with van der Waals surface area (Å²) in [5.74, 6) is -0.331. The highest BCUT2D eigenvalue weighted by Gasteiger charge is 2.38. The zero-order chi connectivity index (χ0) is 28.4. The summed E-state index contributed by atoms with van der Waals surface area (Å²) in [6, 6.07) is 5.58. The van der Waals surface area contributed by atoms with Gasteiger partial charge in [-0.25, -0.2) is 8.42 Å². The number of rotatable bonds is 9. The lowest BCUT2D eigenvalue weighted by molar-refractivity contribution is -0.136. The molecule has 0 bridgehead atoms. The van der Waals surface area contributed by atoms with E-state index in [1.165, 1.54) is 4.31 Å². The molecule has 1 heterocycles. The highest BCUT2D eigenvalue weighted by atomic mass is 35.5. The van der Waals surface area contributed by atoms with E-state index < -0.39 is 16.2 Å². The molecule has 1 saturated heterocycles. The number of carbonyl (C=O) groups is 2. The number of benzene rings is 1. The molecule has 1 aromatic carbocycles. The fraction of sp³-hybridized carbons (Fsp3) is 0.400. The first-order valence-electron chi connectivity index (χ1n) is 13.4. The van der Waals surface area contributed by atoms with Crippen molar-refractivity contribution in [2.75, 3.05) is 13.1 Å². The van der Waals surface area contributed by atoms with E-state index in [1.807, 2.05) is 57.2 Å². The molecule has 210 valence electrons. The first-order chi connectivity index (χ1) is 18.6. The van der Waals surface area contributed by atoms with Gasteiger partial charge in [0.15, 0.2) is 0 Å². The van der Waals surface area contributed by atoms with Crippen molar-refractivity contribution in [1.82, 2.24) is 14.5 Å². The summed E-state index contributed by atoms with van der Waals surface area (Å²) >= 11 is 6.14. The molecule has 0 spiro atoms. The van der Waals surface area contributed by atoms with Gasteiger partial charge in [-0.15, -0.1) is 0 Å². The van der Waals surface area contributed by atoms with E-state index in [-0.39, 0.29) is 48.7 Å². The Morgan fingerprint density at radius 2 is 1.92 bits per heavy atom. The lowest BCUT2D eigenvalue weighted by atomic mass is 10.1. The van der Waals surface area contributed by atoms with Crippen molar-refractivity contribution in [2.45, 2.75) is 65.1 Å². The highest BCUT2D eigenvalue weighted by molar-refractivity contribution is 7.93. The number of nitrogens with zero attached hydrogens (tertiary/aromatic N) is 2. The largest absolute Gasteiger partial charge is 0.338 e. The Kier molecular flexibility index (Phi) is 11.3. The molecule has 2 unspecified atom stereocenters. The molecule has 1 aromatic rings. The molecule has 2 atom stereocenters. The molecule has 39 heavy (non-hydrogen) atoms. The van der Waals surface area contributed by atoms with Crippen molar-refractivity contribution in [3.05, 3.63) is 93.9 Å². The fourth-order valence-corrected chi connectivity index (χ4v) is 6.11. The van der Waals surface area contributed by atoms with Crippen LogP contribution in [-0.2, 0) is 26.0 Å². The quantitative estimate of drug-likeness (QED) is 0.441. The van der Waals surface area contributed by atoms with Gasteiger partial charge in [0.25, 0.3) is 0 Å². The van der Waals surface area contributed by atoms with Crippen LogP contribution in [0.4, 0.5) is 0 Å². The molecule has 1 N–H and O–H groups in total. The van der Waals surface area contributed by atoms with Crippen molar-refractivity contribution in [3.63, 3.8) is 0 Å². The van der Waals surface area contributed by atoms with Crippen molar-refractivity contribution in [1.29, 1.82) is 0 Å². The maximum atomic E-state index is 13.8. The van der Waals surface area contributed by atoms with Gasteiger partial charge in [0, 0.05) is 30.5 Å². The van der Waals surface area contributed by atoms with Crippen molar-refractivity contribution < 1.29 is 18.0 Å². The van der Waals surface area contributed by atoms with Crippen LogP contribution in [0.2, 0.25) is 5.02 Å². The van der Waals surface area contributed by atoms with Crippen LogP contribution in [0.1, 0.15) is 50.7 Å². The van der Waals surface area contributed by atoms with Crippen LogP contribution in [0.5, 0.6) is 0 Å².